The van der Waals surface area contributed by atoms with Crippen molar-refractivity contribution in [2.45, 2.75) is 0 Å². The van der Waals surface area contributed by atoms with E-state index in [1.807, 2.05) is 24.3 Å². The normalized spacial score (nSPS) is 10.3. The van der Waals surface area contributed by atoms with E-state index in [9.17, 15) is 9.59 Å². The van der Waals surface area contributed by atoms with Gasteiger partial charge in [-0.15, -0.1) is 0 Å². The second kappa shape index (κ2) is 6.29. The first-order valence-electron chi connectivity index (χ1n) is 7.04. The molecule has 0 saturated heterocycles. The molecule has 0 aliphatic rings. The van der Waals surface area contributed by atoms with Gasteiger partial charge in [-0.1, -0.05) is 36.4 Å². The van der Waals surface area contributed by atoms with Crippen LogP contribution in [0.3, 0.4) is 0 Å². The highest BCUT2D eigenvalue weighted by Crippen LogP contribution is 2.24. The summed E-state index contributed by atoms with van der Waals surface area (Å²) in [5.41, 5.74) is 3.42. The molecule has 3 aromatic rings. The summed E-state index contributed by atoms with van der Waals surface area (Å²) in [4.78, 5) is 29.4. The molecular formula is C18H12N2O4. The Hall–Kier alpha value is -3.54. The number of carboxylic acids is 2. The molecule has 6 heteroatoms. The molecule has 0 radical (unpaired) electrons. The molecule has 0 saturated carbocycles. The summed E-state index contributed by atoms with van der Waals surface area (Å²) >= 11 is 0. The lowest BCUT2D eigenvalue weighted by molar-refractivity contribution is 0.0680. The van der Waals surface area contributed by atoms with Crippen molar-refractivity contribution >= 4 is 11.9 Å². The zero-order chi connectivity index (χ0) is 17.1. The van der Waals surface area contributed by atoms with E-state index in [-0.39, 0.29) is 11.4 Å². The topological polar surface area (TPSA) is 100 Å². The molecule has 0 aliphatic heterocycles. The molecular weight excluding hydrogens is 308 g/mol. The second-order valence-corrected chi connectivity index (χ2v) is 5.05. The van der Waals surface area contributed by atoms with Gasteiger partial charge in [-0.2, -0.15) is 0 Å². The third-order valence-electron chi connectivity index (χ3n) is 3.52. The van der Waals surface area contributed by atoms with Crippen molar-refractivity contribution in [2.75, 3.05) is 0 Å². The third-order valence-corrected chi connectivity index (χ3v) is 3.52. The van der Waals surface area contributed by atoms with Crippen molar-refractivity contribution in [3.63, 3.8) is 0 Å². The van der Waals surface area contributed by atoms with Gasteiger partial charge in [-0.05, 0) is 23.3 Å². The van der Waals surface area contributed by atoms with E-state index in [1.54, 1.807) is 12.1 Å². The number of hydrogen-bond acceptors (Lipinski definition) is 4. The van der Waals surface area contributed by atoms with E-state index < -0.39 is 11.9 Å². The Balaban J connectivity index is 1.84. The largest absolute Gasteiger partial charge is 0.477 e. The van der Waals surface area contributed by atoms with Gasteiger partial charge in [0.2, 0.25) is 0 Å². The van der Waals surface area contributed by atoms with Gasteiger partial charge in [0.25, 0.3) is 0 Å². The van der Waals surface area contributed by atoms with Crippen LogP contribution >= 0.6 is 0 Å². The van der Waals surface area contributed by atoms with E-state index in [1.165, 1.54) is 24.5 Å². The van der Waals surface area contributed by atoms with Crippen LogP contribution in [0.2, 0.25) is 0 Å². The number of pyridine rings is 2. The molecule has 0 spiro atoms. The van der Waals surface area contributed by atoms with Crippen LogP contribution in [0.25, 0.3) is 22.3 Å². The van der Waals surface area contributed by atoms with Crippen LogP contribution in [0.5, 0.6) is 0 Å². The Morgan fingerprint density at radius 1 is 0.583 bits per heavy atom. The van der Waals surface area contributed by atoms with E-state index in [4.69, 9.17) is 10.2 Å². The highest BCUT2D eigenvalue weighted by Gasteiger charge is 2.07. The molecule has 0 unspecified atom stereocenters. The van der Waals surface area contributed by atoms with Crippen molar-refractivity contribution in [3.8, 4) is 22.3 Å². The third kappa shape index (κ3) is 3.12. The summed E-state index contributed by atoms with van der Waals surface area (Å²) in [6.45, 7) is 0. The van der Waals surface area contributed by atoms with E-state index in [2.05, 4.69) is 9.97 Å². The highest BCUT2D eigenvalue weighted by molar-refractivity contribution is 5.86. The first-order chi connectivity index (χ1) is 11.5. The molecule has 24 heavy (non-hydrogen) atoms. The molecule has 0 aliphatic carbocycles. The fourth-order valence-corrected chi connectivity index (χ4v) is 2.24. The summed E-state index contributed by atoms with van der Waals surface area (Å²) in [5, 5.41) is 17.7. The summed E-state index contributed by atoms with van der Waals surface area (Å²) in [6.07, 6.45) is 3.03. The SMILES string of the molecule is O=C(O)c1ccc(-c2ccc(-c3ccc(C(=O)O)nc3)cc2)cn1. The van der Waals surface area contributed by atoms with Gasteiger partial charge in [-0.3, -0.25) is 0 Å². The zero-order valence-corrected chi connectivity index (χ0v) is 12.4. The van der Waals surface area contributed by atoms with Crippen LogP contribution in [0.1, 0.15) is 21.0 Å². The van der Waals surface area contributed by atoms with E-state index in [0.29, 0.717) is 0 Å². The van der Waals surface area contributed by atoms with Gasteiger partial charge >= 0.3 is 11.9 Å². The van der Waals surface area contributed by atoms with Crippen LogP contribution in [0.15, 0.2) is 60.9 Å². The minimum atomic E-state index is -1.06. The van der Waals surface area contributed by atoms with E-state index >= 15 is 0 Å². The van der Waals surface area contributed by atoms with Crippen LogP contribution < -0.4 is 0 Å². The summed E-state index contributed by atoms with van der Waals surface area (Å²) in [7, 11) is 0. The number of carbonyl (C=O) groups is 2. The Morgan fingerprint density at radius 2 is 0.917 bits per heavy atom. The number of benzene rings is 1. The molecule has 0 fully saturated rings. The van der Waals surface area contributed by atoms with Crippen LogP contribution in [0, 0.1) is 0 Å². The molecule has 2 N–H and O–H groups in total. The van der Waals surface area contributed by atoms with Crippen LogP contribution in [0.4, 0.5) is 0 Å². The number of nitrogens with zero attached hydrogens (tertiary/aromatic N) is 2. The van der Waals surface area contributed by atoms with Gasteiger partial charge in [0.15, 0.2) is 0 Å². The van der Waals surface area contributed by atoms with E-state index in [0.717, 1.165) is 22.3 Å². The fourth-order valence-electron chi connectivity index (χ4n) is 2.24. The Labute approximate surface area is 137 Å². The van der Waals surface area contributed by atoms with Crippen molar-refractivity contribution < 1.29 is 19.8 Å². The van der Waals surface area contributed by atoms with Gasteiger partial charge in [0.1, 0.15) is 11.4 Å². The monoisotopic (exact) mass is 320 g/mol. The maximum atomic E-state index is 10.8. The molecule has 2 aromatic heterocycles. The molecule has 2 heterocycles. The molecule has 0 amide bonds. The van der Waals surface area contributed by atoms with Gasteiger partial charge in [0, 0.05) is 23.5 Å². The molecule has 6 nitrogen and oxygen atoms in total. The van der Waals surface area contributed by atoms with Crippen molar-refractivity contribution in [2.24, 2.45) is 0 Å². The second-order valence-electron chi connectivity index (χ2n) is 5.05. The number of hydrogen-bond donors (Lipinski definition) is 2. The quantitative estimate of drug-likeness (QED) is 0.765. The smallest absolute Gasteiger partial charge is 0.354 e. The van der Waals surface area contributed by atoms with Crippen molar-refractivity contribution in [1.29, 1.82) is 0 Å². The zero-order valence-electron chi connectivity index (χ0n) is 12.4. The van der Waals surface area contributed by atoms with Crippen molar-refractivity contribution in [3.05, 3.63) is 72.3 Å². The maximum absolute atomic E-state index is 10.8. The van der Waals surface area contributed by atoms with Crippen LogP contribution in [-0.4, -0.2) is 32.1 Å². The standard InChI is InChI=1S/C18H12N2O4/c21-17(22)15-7-5-13(9-19-15)11-1-2-12(4-3-11)14-6-8-16(18(23)24)20-10-14/h1-10H,(H,21,22)(H,23,24). The lowest BCUT2D eigenvalue weighted by Gasteiger charge is -2.05. The predicted molar refractivity (Wildman–Crippen MR) is 86.8 cm³/mol. The Bertz CT molecular complexity index is 809. The Kier molecular flexibility index (Phi) is 4.03. The number of rotatable bonds is 4. The maximum Gasteiger partial charge on any atom is 0.354 e. The predicted octanol–water partition coefficient (Wildman–Crippen LogP) is 3.21. The summed E-state index contributed by atoms with van der Waals surface area (Å²) in [6, 6.07) is 13.9. The Morgan fingerprint density at radius 3 is 1.17 bits per heavy atom. The minimum absolute atomic E-state index is 0.0000326. The van der Waals surface area contributed by atoms with Gasteiger partial charge < -0.3 is 10.2 Å². The number of aromatic carboxylic acids is 2. The first kappa shape index (κ1) is 15.4. The fraction of sp³-hybridized carbons (Fsp3) is 0. The molecule has 0 atom stereocenters. The lowest BCUT2D eigenvalue weighted by Crippen LogP contribution is -1.99. The first-order valence-corrected chi connectivity index (χ1v) is 7.04. The lowest BCUT2D eigenvalue weighted by atomic mass is 10.0. The number of aromatic nitrogens is 2. The highest BCUT2D eigenvalue weighted by atomic mass is 16.4. The molecule has 3 rings (SSSR count). The van der Waals surface area contributed by atoms with Crippen LogP contribution in [-0.2, 0) is 0 Å². The number of carboxylic acid groups (broad SMARTS) is 2. The molecule has 1 aromatic carbocycles. The van der Waals surface area contributed by atoms with Gasteiger partial charge in [-0.25, -0.2) is 19.6 Å². The summed E-state index contributed by atoms with van der Waals surface area (Å²) < 4.78 is 0. The average molecular weight is 320 g/mol. The van der Waals surface area contributed by atoms with Gasteiger partial charge in [0.05, 0.1) is 0 Å². The summed E-state index contributed by atoms with van der Waals surface area (Å²) in [5.74, 6) is -2.12. The molecule has 0 bridgehead atoms. The van der Waals surface area contributed by atoms with Crippen molar-refractivity contribution in [1.82, 2.24) is 9.97 Å². The average Bonchev–Trinajstić information content (AvgIpc) is 2.62. The minimum Gasteiger partial charge on any atom is -0.477 e. The molecule has 118 valence electrons.